The van der Waals surface area contributed by atoms with Gasteiger partial charge in [-0.1, -0.05) is 17.8 Å². The second-order valence-electron chi connectivity index (χ2n) is 6.49. The molecule has 2 rings (SSSR count). The molecule has 1 aliphatic rings. The van der Waals surface area contributed by atoms with Gasteiger partial charge in [0.2, 0.25) is 11.8 Å². The maximum atomic E-state index is 12.3. The lowest BCUT2D eigenvalue weighted by atomic mass is 10.1. The third kappa shape index (κ3) is 5.62. The first-order chi connectivity index (χ1) is 13.4. The number of amides is 3. The highest BCUT2D eigenvalue weighted by Crippen LogP contribution is 2.27. The van der Waals surface area contributed by atoms with E-state index in [1.54, 1.807) is 14.2 Å². The van der Waals surface area contributed by atoms with E-state index in [0.717, 1.165) is 23.7 Å². The van der Waals surface area contributed by atoms with Gasteiger partial charge in [0.05, 0.1) is 26.0 Å². The van der Waals surface area contributed by atoms with Gasteiger partial charge in [-0.3, -0.25) is 24.2 Å². The minimum Gasteiger partial charge on any atom is -0.493 e. The second-order valence-corrected chi connectivity index (χ2v) is 7.41. The summed E-state index contributed by atoms with van der Waals surface area (Å²) in [6.45, 7) is 2.97. The number of methoxy groups -OCH3 is 2. The molecule has 1 atom stereocenters. The lowest BCUT2D eigenvalue weighted by Gasteiger charge is -2.24. The summed E-state index contributed by atoms with van der Waals surface area (Å²) in [4.78, 5) is 38.6. The van der Waals surface area contributed by atoms with Crippen LogP contribution in [0.4, 0.5) is 4.79 Å². The van der Waals surface area contributed by atoms with Crippen molar-refractivity contribution in [2.24, 2.45) is 0 Å². The zero-order valence-corrected chi connectivity index (χ0v) is 17.5. The van der Waals surface area contributed by atoms with Crippen molar-refractivity contribution >= 4 is 28.8 Å². The molecule has 1 aromatic carbocycles. The molecule has 0 aliphatic carbocycles. The van der Waals surface area contributed by atoms with E-state index in [2.05, 4.69) is 5.32 Å². The Bertz CT molecular complexity index is 712. The number of carbonyl (C=O) groups excluding carboxylic acids is 3. The number of likely N-dealkylation sites (N-methyl/N-ethyl adjacent to an activating group) is 1. The number of rotatable bonds is 10. The Balaban J connectivity index is 1.78. The Hall–Kier alpha value is -2.26. The van der Waals surface area contributed by atoms with E-state index in [1.165, 1.54) is 4.90 Å². The van der Waals surface area contributed by atoms with Gasteiger partial charge >= 0.3 is 0 Å². The van der Waals surface area contributed by atoms with E-state index in [-0.39, 0.29) is 41.9 Å². The monoisotopic (exact) mass is 409 g/mol. The van der Waals surface area contributed by atoms with Crippen LogP contribution < -0.4 is 14.8 Å². The molecule has 8 nitrogen and oxygen atoms in total. The Morgan fingerprint density at radius 2 is 2.00 bits per heavy atom. The molecule has 0 spiro atoms. The van der Waals surface area contributed by atoms with Crippen LogP contribution >= 0.6 is 11.8 Å². The smallest absolute Gasteiger partial charge is 0.288 e. The van der Waals surface area contributed by atoms with Gasteiger partial charge in [-0.05, 0) is 38.1 Å². The van der Waals surface area contributed by atoms with Crippen LogP contribution in [0.2, 0.25) is 0 Å². The first kappa shape index (κ1) is 22.0. The molecule has 1 N–H and O–H groups in total. The largest absolute Gasteiger partial charge is 0.493 e. The van der Waals surface area contributed by atoms with Crippen molar-refractivity contribution in [2.75, 3.05) is 46.7 Å². The van der Waals surface area contributed by atoms with Crippen molar-refractivity contribution in [1.29, 1.82) is 0 Å². The van der Waals surface area contributed by atoms with Gasteiger partial charge in [0, 0.05) is 19.6 Å². The number of thioether (sulfide) groups is 1. The zero-order chi connectivity index (χ0) is 20.7. The fourth-order valence-corrected chi connectivity index (χ4v) is 3.52. The molecular weight excluding hydrogens is 382 g/mol. The Kier molecular flexibility index (Phi) is 8.13. The maximum absolute atomic E-state index is 12.3. The summed E-state index contributed by atoms with van der Waals surface area (Å²) in [5, 5.41) is 2.54. The van der Waals surface area contributed by atoms with Gasteiger partial charge in [0.15, 0.2) is 11.5 Å². The number of hydrogen-bond acceptors (Lipinski definition) is 7. The van der Waals surface area contributed by atoms with Gasteiger partial charge in [0.25, 0.3) is 5.24 Å². The number of nitrogens with one attached hydrogen (secondary N) is 1. The highest BCUT2D eigenvalue weighted by molar-refractivity contribution is 8.14. The molecule has 3 amide bonds. The van der Waals surface area contributed by atoms with Crippen LogP contribution in [0.3, 0.4) is 0 Å². The highest BCUT2D eigenvalue weighted by Gasteiger charge is 2.29. The van der Waals surface area contributed by atoms with E-state index in [1.807, 2.05) is 37.1 Å². The average molecular weight is 410 g/mol. The third-order valence-electron chi connectivity index (χ3n) is 4.72. The Morgan fingerprint density at radius 3 is 2.61 bits per heavy atom. The number of benzene rings is 1. The molecule has 0 radical (unpaired) electrons. The molecule has 0 aromatic heterocycles. The maximum Gasteiger partial charge on any atom is 0.288 e. The van der Waals surface area contributed by atoms with E-state index in [4.69, 9.17) is 9.47 Å². The Labute approximate surface area is 169 Å². The molecule has 1 aliphatic heterocycles. The fraction of sp³-hybridized carbons (Fsp3) is 0.526. The number of hydrogen-bond donors (Lipinski definition) is 1. The average Bonchev–Trinajstić information content (AvgIpc) is 3.02. The third-order valence-corrected chi connectivity index (χ3v) is 5.58. The van der Waals surface area contributed by atoms with Crippen LogP contribution in [-0.4, -0.2) is 79.5 Å². The summed E-state index contributed by atoms with van der Waals surface area (Å²) in [7, 11) is 5.08. The molecule has 28 heavy (non-hydrogen) atoms. The molecule has 0 unspecified atom stereocenters. The van der Waals surface area contributed by atoms with E-state index < -0.39 is 0 Å². The van der Waals surface area contributed by atoms with Crippen LogP contribution in [0.1, 0.15) is 12.5 Å². The van der Waals surface area contributed by atoms with E-state index >= 15 is 0 Å². The van der Waals surface area contributed by atoms with Crippen molar-refractivity contribution in [1.82, 2.24) is 15.1 Å². The number of imide groups is 1. The van der Waals surface area contributed by atoms with E-state index in [0.29, 0.717) is 18.0 Å². The van der Waals surface area contributed by atoms with Crippen LogP contribution in [0.25, 0.3) is 0 Å². The molecule has 0 saturated carbocycles. The van der Waals surface area contributed by atoms with Gasteiger partial charge < -0.3 is 14.8 Å². The summed E-state index contributed by atoms with van der Waals surface area (Å²) in [5.74, 6) is 1.20. The predicted octanol–water partition coefficient (Wildman–Crippen LogP) is 1.38. The fourth-order valence-electron chi connectivity index (χ4n) is 2.77. The number of nitrogens with zero attached hydrogens (tertiary/aromatic N) is 2. The van der Waals surface area contributed by atoms with Crippen LogP contribution in [-0.2, 0) is 16.0 Å². The van der Waals surface area contributed by atoms with Crippen molar-refractivity contribution in [3.8, 4) is 11.5 Å². The SMILES string of the molecule is COc1ccc(CCN(C)[C@@H](C)C(=O)NCCN2C(=O)CSC2=O)cc1OC. The van der Waals surface area contributed by atoms with Crippen molar-refractivity contribution in [3.05, 3.63) is 23.8 Å². The Morgan fingerprint density at radius 1 is 1.29 bits per heavy atom. The van der Waals surface area contributed by atoms with Crippen LogP contribution in [0.5, 0.6) is 11.5 Å². The summed E-state index contributed by atoms with van der Waals surface area (Å²) in [6.07, 6.45) is 0.752. The van der Waals surface area contributed by atoms with Gasteiger partial charge in [0.1, 0.15) is 0 Å². The van der Waals surface area contributed by atoms with E-state index in [9.17, 15) is 14.4 Å². The van der Waals surface area contributed by atoms with Gasteiger partial charge in [-0.25, -0.2) is 0 Å². The van der Waals surface area contributed by atoms with Crippen LogP contribution in [0.15, 0.2) is 18.2 Å². The topological polar surface area (TPSA) is 88.2 Å². The van der Waals surface area contributed by atoms with Gasteiger partial charge in [-0.2, -0.15) is 0 Å². The first-order valence-corrected chi connectivity index (χ1v) is 10.0. The number of ether oxygens (including phenoxy) is 2. The minimum absolute atomic E-state index is 0.137. The summed E-state index contributed by atoms with van der Waals surface area (Å²) < 4.78 is 10.6. The van der Waals surface area contributed by atoms with Gasteiger partial charge in [-0.15, -0.1) is 0 Å². The zero-order valence-electron chi connectivity index (χ0n) is 16.7. The van der Waals surface area contributed by atoms with Crippen molar-refractivity contribution in [2.45, 2.75) is 19.4 Å². The molecule has 1 heterocycles. The lowest BCUT2D eigenvalue weighted by molar-refractivity contribution is -0.127. The summed E-state index contributed by atoms with van der Waals surface area (Å²) in [5.41, 5.74) is 1.08. The normalized spacial score (nSPS) is 15.1. The number of carbonyl (C=O) groups is 3. The molecule has 154 valence electrons. The predicted molar refractivity (Wildman–Crippen MR) is 108 cm³/mol. The first-order valence-electron chi connectivity index (χ1n) is 9.03. The molecular formula is C19H27N3O5S. The lowest BCUT2D eigenvalue weighted by Crippen LogP contribution is -2.46. The standard InChI is InChI=1S/C19H27N3O5S/c1-13(18(24)20-8-10-22-17(23)12-28-19(22)25)21(2)9-7-14-5-6-15(26-3)16(11-14)27-4/h5-6,11,13H,7-10,12H2,1-4H3,(H,20,24)/t13-/m0/s1. The molecule has 0 bridgehead atoms. The summed E-state index contributed by atoms with van der Waals surface area (Å²) >= 11 is 0.993. The summed E-state index contributed by atoms with van der Waals surface area (Å²) in [6, 6.07) is 5.44. The minimum atomic E-state index is -0.334. The van der Waals surface area contributed by atoms with Crippen molar-refractivity contribution in [3.63, 3.8) is 0 Å². The molecule has 1 saturated heterocycles. The quantitative estimate of drug-likeness (QED) is 0.624. The molecule has 1 aromatic rings. The second kappa shape index (κ2) is 10.3. The molecule has 9 heteroatoms. The van der Waals surface area contributed by atoms with Crippen molar-refractivity contribution < 1.29 is 23.9 Å². The van der Waals surface area contributed by atoms with Crippen LogP contribution in [0, 0.1) is 0 Å². The molecule has 1 fully saturated rings. The highest BCUT2D eigenvalue weighted by atomic mass is 32.2.